The second-order valence-electron chi connectivity index (χ2n) is 9.21. The van der Waals surface area contributed by atoms with Crippen molar-refractivity contribution in [2.45, 2.75) is 51.3 Å². The van der Waals surface area contributed by atoms with Crippen molar-refractivity contribution in [1.29, 1.82) is 0 Å². The zero-order valence-corrected chi connectivity index (χ0v) is 20.6. The molecule has 3 atom stereocenters. The van der Waals surface area contributed by atoms with E-state index in [2.05, 4.69) is 41.8 Å². The number of hydrogen-bond acceptors (Lipinski definition) is 6. The van der Waals surface area contributed by atoms with Crippen LogP contribution in [0.2, 0.25) is 5.02 Å². The summed E-state index contributed by atoms with van der Waals surface area (Å²) < 4.78 is 11.3. The van der Waals surface area contributed by atoms with Gasteiger partial charge in [-0.1, -0.05) is 17.7 Å². The van der Waals surface area contributed by atoms with Crippen LogP contribution in [0.3, 0.4) is 0 Å². The maximum Gasteiger partial charge on any atom is 0.139 e. The van der Waals surface area contributed by atoms with Crippen molar-refractivity contribution in [3.8, 4) is 11.5 Å². The molecule has 0 amide bonds. The highest BCUT2D eigenvalue weighted by Crippen LogP contribution is 2.40. The molecule has 2 fully saturated rings. The number of anilines is 1. The van der Waals surface area contributed by atoms with Gasteiger partial charge in [0.25, 0.3) is 0 Å². The molecule has 33 heavy (non-hydrogen) atoms. The van der Waals surface area contributed by atoms with Gasteiger partial charge >= 0.3 is 0 Å². The first-order chi connectivity index (χ1) is 15.9. The number of halogens is 1. The fraction of sp³-hybridized carbons (Fsp3) is 0.538. The van der Waals surface area contributed by atoms with Crippen LogP contribution in [0.5, 0.6) is 11.5 Å². The van der Waals surface area contributed by atoms with Gasteiger partial charge in [-0.3, -0.25) is 4.90 Å². The average molecular weight is 474 g/mol. The molecule has 0 saturated carbocycles. The van der Waals surface area contributed by atoms with Crippen LogP contribution in [0.4, 0.5) is 5.69 Å². The van der Waals surface area contributed by atoms with E-state index >= 15 is 0 Å². The molecule has 0 unspecified atom stereocenters. The highest BCUT2D eigenvalue weighted by molar-refractivity contribution is 6.32. The van der Waals surface area contributed by atoms with Crippen molar-refractivity contribution >= 4 is 17.3 Å². The van der Waals surface area contributed by atoms with Crippen LogP contribution in [0, 0.1) is 13.8 Å². The molecular formula is C26H36ClN3O3. The summed E-state index contributed by atoms with van der Waals surface area (Å²) in [5, 5.41) is 10.4. The summed E-state index contributed by atoms with van der Waals surface area (Å²) in [4.78, 5) is 5.16. The Bertz CT molecular complexity index is 970. The third-order valence-corrected chi connectivity index (χ3v) is 7.60. The van der Waals surface area contributed by atoms with Crippen molar-refractivity contribution in [1.82, 2.24) is 4.90 Å². The molecule has 4 rings (SSSR count). The Hall–Kier alpha value is -1.99. The smallest absolute Gasteiger partial charge is 0.139 e. The Morgan fingerprint density at radius 1 is 1.12 bits per heavy atom. The number of nitrogens with zero attached hydrogens (tertiary/aromatic N) is 2. The lowest BCUT2D eigenvalue weighted by Gasteiger charge is -2.49. The Morgan fingerprint density at radius 2 is 1.94 bits per heavy atom. The summed E-state index contributed by atoms with van der Waals surface area (Å²) in [6.45, 7) is 7.74. The summed E-state index contributed by atoms with van der Waals surface area (Å²) in [7, 11) is 1.66. The summed E-state index contributed by atoms with van der Waals surface area (Å²) in [6.07, 6.45) is 2.98. The molecule has 2 aliphatic heterocycles. The molecule has 0 aromatic heterocycles. The topological polar surface area (TPSA) is 71.2 Å². The van der Waals surface area contributed by atoms with E-state index in [0.29, 0.717) is 17.1 Å². The Labute approximate surface area is 202 Å². The lowest BCUT2D eigenvalue weighted by Crippen LogP contribution is -2.56. The van der Waals surface area contributed by atoms with Crippen LogP contribution < -0.4 is 20.1 Å². The molecule has 2 heterocycles. The van der Waals surface area contributed by atoms with Gasteiger partial charge in [-0.05, 0) is 68.0 Å². The molecular weight excluding hydrogens is 438 g/mol. The van der Waals surface area contributed by atoms with E-state index in [4.69, 9.17) is 26.8 Å². The number of rotatable bonds is 7. The van der Waals surface area contributed by atoms with Gasteiger partial charge in [-0.15, -0.1) is 0 Å². The number of methoxy groups -OCH3 is 1. The van der Waals surface area contributed by atoms with Crippen LogP contribution in [0.25, 0.3) is 0 Å². The molecule has 2 aliphatic rings. The van der Waals surface area contributed by atoms with E-state index in [0.717, 1.165) is 36.7 Å². The molecule has 0 bridgehead atoms. The van der Waals surface area contributed by atoms with Gasteiger partial charge in [0.1, 0.15) is 24.2 Å². The molecule has 3 N–H and O–H groups in total. The van der Waals surface area contributed by atoms with Crippen molar-refractivity contribution in [3.63, 3.8) is 0 Å². The molecule has 2 aromatic carbocycles. The number of ether oxygens (including phenoxy) is 2. The largest absolute Gasteiger partial charge is 0.495 e. The minimum atomic E-state index is -0.639. The number of hydrogen-bond donors (Lipinski definition) is 2. The molecule has 0 aliphatic carbocycles. The van der Waals surface area contributed by atoms with Crippen LogP contribution >= 0.6 is 11.6 Å². The minimum Gasteiger partial charge on any atom is -0.495 e. The number of fused-ring (bicyclic) bond motifs is 1. The van der Waals surface area contributed by atoms with E-state index in [9.17, 15) is 5.11 Å². The number of benzene rings is 2. The second kappa shape index (κ2) is 10.5. The van der Waals surface area contributed by atoms with Gasteiger partial charge in [-0.2, -0.15) is 0 Å². The predicted molar refractivity (Wildman–Crippen MR) is 134 cm³/mol. The lowest BCUT2D eigenvalue weighted by molar-refractivity contribution is 0.0712. The number of piperazine rings is 1. The minimum absolute atomic E-state index is 0.203. The van der Waals surface area contributed by atoms with Gasteiger partial charge in [0.05, 0.1) is 12.1 Å². The van der Waals surface area contributed by atoms with Crippen molar-refractivity contribution in [2.24, 2.45) is 5.73 Å². The first-order valence-electron chi connectivity index (χ1n) is 11.9. The average Bonchev–Trinajstić information content (AvgIpc) is 2.84. The summed E-state index contributed by atoms with van der Waals surface area (Å²) >= 11 is 6.24. The van der Waals surface area contributed by atoms with Gasteiger partial charge < -0.3 is 25.2 Å². The zero-order chi connectivity index (χ0) is 23.5. The van der Waals surface area contributed by atoms with Gasteiger partial charge in [0.15, 0.2) is 0 Å². The van der Waals surface area contributed by atoms with E-state index in [1.165, 1.54) is 36.1 Å². The van der Waals surface area contributed by atoms with Crippen molar-refractivity contribution in [2.75, 3.05) is 44.8 Å². The Morgan fingerprint density at radius 3 is 2.70 bits per heavy atom. The second-order valence-corrected chi connectivity index (χ2v) is 9.61. The molecule has 7 heteroatoms. The highest BCUT2D eigenvalue weighted by atomic mass is 35.5. The van der Waals surface area contributed by atoms with Gasteiger partial charge in [-0.25, -0.2) is 0 Å². The van der Waals surface area contributed by atoms with Crippen LogP contribution in [0.1, 0.15) is 42.0 Å². The third kappa shape index (κ3) is 5.09. The maximum atomic E-state index is 9.74. The first kappa shape index (κ1) is 24.1. The molecule has 0 spiro atoms. The number of aliphatic hydroxyl groups is 1. The summed E-state index contributed by atoms with van der Waals surface area (Å²) in [5.41, 5.74) is 10.5. The highest BCUT2D eigenvalue weighted by Gasteiger charge is 2.36. The van der Waals surface area contributed by atoms with E-state index < -0.39 is 6.10 Å². The molecule has 180 valence electrons. The van der Waals surface area contributed by atoms with Crippen molar-refractivity contribution < 1.29 is 14.6 Å². The van der Waals surface area contributed by atoms with Crippen LogP contribution in [0.15, 0.2) is 30.3 Å². The van der Waals surface area contributed by atoms with E-state index in [1.54, 1.807) is 7.11 Å². The first-order valence-corrected chi connectivity index (χ1v) is 12.3. The number of nitrogens with two attached hydrogens (primary N) is 1. The van der Waals surface area contributed by atoms with Crippen molar-refractivity contribution in [3.05, 3.63) is 52.0 Å². The standard InChI is InChI=1S/C26H36ClN3O3/c1-17-18(2)25(33-16-21(31)14-28)10-8-22(17)24-6-4-5-20-15-29(11-12-30(20)24)19-7-9-23(27)26(13-19)32-3/h7-10,13,20-21,24,31H,4-6,11-12,14-16,28H2,1-3H3/t20-,21-,24+/m0/s1. The molecule has 0 radical (unpaired) electrons. The van der Waals surface area contributed by atoms with Crippen LogP contribution in [-0.4, -0.2) is 62.0 Å². The molecule has 2 aromatic rings. The molecule has 2 saturated heterocycles. The van der Waals surface area contributed by atoms with Gasteiger partial charge in [0.2, 0.25) is 0 Å². The zero-order valence-electron chi connectivity index (χ0n) is 19.9. The predicted octanol–water partition coefficient (Wildman–Crippen LogP) is 4.08. The normalized spacial score (nSPS) is 22.1. The Balaban J connectivity index is 1.50. The number of aliphatic hydroxyl groups excluding tert-OH is 1. The quantitative estimate of drug-likeness (QED) is 0.631. The Kier molecular flexibility index (Phi) is 7.69. The maximum absolute atomic E-state index is 9.74. The third-order valence-electron chi connectivity index (χ3n) is 7.29. The number of piperidine rings is 1. The lowest BCUT2D eigenvalue weighted by atomic mass is 9.86. The summed E-state index contributed by atoms with van der Waals surface area (Å²) in [5.74, 6) is 1.56. The van der Waals surface area contributed by atoms with Gasteiger partial charge in [0, 0.05) is 50.0 Å². The van der Waals surface area contributed by atoms with E-state index in [-0.39, 0.29) is 13.2 Å². The SMILES string of the molecule is COc1cc(N2CCN3[C@@H](CCC[C@@H]3c3ccc(OC[C@@H](O)CN)c(C)c3C)C2)ccc1Cl. The molecule has 6 nitrogen and oxygen atoms in total. The monoisotopic (exact) mass is 473 g/mol. The fourth-order valence-corrected chi connectivity index (χ4v) is 5.45. The van der Waals surface area contributed by atoms with E-state index in [1.807, 2.05) is 12.1 Å². The fourth-order valence-electron chi connectivity index (χ4n) is 5.25. The van der Waals surface area contributed by atoms with Crippen LogP contribution in [-0.2, 0) is 0 Å². The summed E-state index contributed by atoms with van der Waals surface area (Å²) in [6, 6.07) is 11.3.